The van der Waals surface area contributed by atoms with Gasteiger partial charge >= 0.3 is 5.97 Å². The lowest BCUT2D eigenvalue weighted by atomic mass is 9.79. The first kappa shape index (κ1) is 26.1. The molecule has 166 valence electrons. The number of aryl methyl sites for hydroxylation is 1. The molecule has 0 saturated carbocycles. The Labute approximate surface area is 186 Å². The van der Waals surface area contributed by atoms with Crippen molar-refractivity contribution < 1.29 is 19.1 Å². The molecule has 0 aliphatic rings. The Kier molecular flexibility index (Phi) is 12.3. The van der Waals surface area contributed by atoms with Crippen molar-refractivity contribution in [1.29, 1.82) is 0 Å². The third kappa shape index (κ3) is 11.9. The summed E-state index contributed by atoms with van der Waals surface area (Å²) in [6.07, 6.45) is 6.45. The van der Waals surface area contributed by atoms with Gasteiger partial charge in [-0.25, -0.2) is 0 Å². The molecule has 1 aromatic carbocycles. The lowest BCUT2D eigenvalue weighted by Gasteiger charge is -2.27. The van der Waals surface area contributed by atoms with Crippen molar-refractivity contribution in [1.82, 2.24) is 0 Å². The van der Waals surface area contributed by atoms with Gasteiger partial charge in [-0.05, 0) is 59.8 Å². The second-order valence-electron chi connectivity index (χ2n) is 8.56. The highest BCUT2D eigenvalue weighted by Crippen LogP contribution is 2.30. The largest absolute Gasteiger partial charge is 0.497 e. The maximum atomic E-state index is 12.5. The number of ether oxygens (including phenoxy) is 2. The fraction of sp³-hybridized carbons (Fsp3) is 0.600. The van der Waals surface area contributed by atoms with Crippen molar-refractivity contribution in [2.75, 3.05) is 20.0 Å². The van der Waals surface area contributed by atoms with Crippen molar-refractivity contribution >= 4 is 23.5 Å². The summed E-state index contributed by atoms with van der Waals surface area (Å²) >= 11 is 1.48. The van der Waals surface area contributed by atoms with Crippen LogP contribution in [0, 0.1) is 22.5 Å². The van der Waals surface area contributed by atoms with Crippen molar-refractivity contribution in [2.45, 2.75) is 65.7 Å². The van der Waals surface area contributed by atoms with E-state index >= 15 is 0 Å². The molecule has 30 heavy (non-hydrogen) atoms. The van der Waals surface area contributed by atoms with Gasteiger partial charge in [0.2, 0.25) is 0 Å². The Bertz CT molecular complexity index is 713. The lowest BCUT2D eigenvalue weighted by molar-refractivity contribution is -0.145. The number of carbonyl (C=O) groups is 2. The van der Waals surface area contributed by atoms with Gasteiger partial charge in [-0.2, -0.15) is 0 Å². The SMILES string of the molecule is COc1ccc(CCC(=O)CC(C)(C)CC(C)COC(=O)CCCC#CSC)cc1. The van der Waals surface area contributed by atoms with E-state index in [1.165, 1.54) is 11.8 Å². The van der Waals surface area contributed by atoms with Crippen LogP contribution in [0.4, 0.5) is 0 Å². The van der Waals surface area contributed by atoms with E-state index in [1.807, 2.05) is 30.5 Å². The number of hydrogen-bond acceptors (Lipinski definition) is 5. The molecule has 1 unspecified atom stereocenters. The predicted molar refractivity (Wildman–Crippen MR) is 125 cm³/mol. The fourth-order valence-electron chi connectivity index (χ4n) is 3.52. The van der Waals surface area contributed by atoms with E-state index < -0.39 is 0 Å². The molecule has 0 saturated heterocycles. The topological polar surface area (TPSA) is 52.6 Å². The Hall–Kier alpha value is -1.93. The summed E-state index contributed by atoms with van der Waals surface area (Å²) in [7, 11) is 1.64. The summed E-state index contributed by atoms with van der Waals surface area (Å²) in [5.74, 6) is 4.14. The summed E-state index contributed by atoms with van der Waals surface area (Å²) in [5, 5.41) is 2.92. The van der Waals surface area contributed by atoms with Crippen molar-refractivity contribution in [3.8, 4) is 16.9 Å². The van der Waals surface area contributed by atoms with Gasteiger partial charge in [-0.1, -0.05) is 50.6 Å². The minimum Gasteiger partial charge on any atom is -0.497 e. The Morgan fingerprint density at radius 3 is 2.50 bits per heavy atom. The van der Waals surface area contributed by atoms with Crippen LogP contribution in [-0.2, 0) is 20.7 Å². The van der Waals surface area contributed by atoms with Crippen LogP contribution in [0.2, 0.25) is 0 Å². The van der Waals surface area contributed by atoms with E-state index in [4.69, 9.17) is 9.47 Å². The summed E-state index contributed by atoms with van der Waals surface area (Å²) in [6, 6.07) is 7.85. The first-order valence-electron chi connectivity index (χ1n) is 10.6. The summed E-state index contributed by atoms with van der Waals surface area (Å²) in [4.78, 5) is 24.3. The van der Waals surface area contributed by atoms with Gasteiger partial charge in [0.25, 0.3) is 0 Å². The molecule has 0 radical (unpaired) electrons. The molecule has 0 aliphatic heterocycles. The van der Waals surface area contributed by atoms with Gasteiger partial charge in [0, 0.05) is 25.7 Å². The molecule has 1 atom stereocenters. The molecular weight excluding hydrogens is 396 g/mol. The minimum absolute atomic E-state index is 0.115. The van der Waals surface area contributed by atoms with E-state index in [0.717, 1.165) is 37.0 Å². The zero-order valence-electron chi connectivity index (χ0n) is 19.1. The Morgan fingerprint density at radius 1 is 1.17 bits per heavy atom. The molecular formula is C25H36O4S. The van der Waals surface area contributed by atoms with Gasteiger partial charge in [0.1, 0.15) is 11.5 Å². The second kappa shape index (κ2) is 14.1. The average molecular weight is 433 g/mol. The Morgan fingerprint density at radius 2 is 1.87 bits per heavy atom. The number of thioether (sulfide) groups is 1. The highest BCUT2D eigenvalue weighted by Gasteiger charge is 2.25. The van der Waals surface area contributed by atoms with Crippen LogP contribution in [0.15, 0.2) is 24.3 Å². The van der Waals surface area contributed by atoms with E-state index in [1.54, 1.807) is 7.11 Å². The molecule has 0 aromatic heterocycles. The Balaban J connectivity index is 2.29. The molecule has 0 spiro atoms. The summed E-state index contributed by atoms with van der Waals surface area (Å²) < 4.78 is 10.6. The van der Waals surface area contributed by atoms with Gasteiger partial charge in [-0.3, -0.25) is 9.59 Å². The number of benzene rings is 1. The summed E-state index contributed by atoms with van der Waals surface area (Å²) in [5.41, 5.74) is 1.03. The maximum absolute atomic E-state index is 12.5. The standard InChI is InChI=1S/C25H36O4S/c1-20(19-29-24(27)9-7-6-8-16-30-5)17-25(2,3)18-22(26)13-10-21-11-14-23(28-4)15-12-21/h11-12,14-15,20H,6-7,9-10,13,17-19H2,1-5H3. The van der Waals surface area contributed by atoms with Crippen LogP contribution in [-0.4, -0.2) is 31.7 Å². The number of Topliss-reactive ketones (excluding diaryl/α,β-unsaturated/α-hetero) is 1. The monoisotopic (exact) mass is 432 g/mol. The van der Waals surface area contributed by atoms with Gasteiger partial charge in [-0.15, -0.1) is 0 Å². The third-order valence-corrected chi connectivity index (χ3v) is 5.16. The van der Waals surface area contributed by atoms with Crippen LogP contribution in [0.5, 0.6) is 5.75 Å². The maximum Gasteiger partial charge on any atom is 0.305 e. The molecule has 4 nitrogen and oxygen atoms in total. The number of hydrogen-bond donors (Lipinski definition) is 0. The highest BCUT2D eigenvalue weighted by molar-refractivity contribution is 8.03. The van der Waals surface area contributed by atoms with Crippen LogP contribution in [0.1, 0.15) is 64.9 Å². The molecule has 1 aromatic rings. The van der Waals surface area contributed by atoms with Crippen LogP contribution in [0.3, 0.4) is 0 Å². The number of esters is 1. The van der Waals surface area contributed by atoms with Crippen molar-refractivity contribution in [3.05, 3.63) is 29.8 Å². The molecule has 0 amide bonds. The third-order valence-electron chi connectivity index (χ3n) is 4.81. The second-order valence-corrected chi connectivity index (χ2v) is 9.17. The first-order valence-corrected chi connectivity index (χ1v) is 11.8. The molecule has 0 bridgehead atoms. The first-order chi connectivity index (χ1) is 14.3. The van der Waals surface area contributed by atoms with E-state index in [2.05, 4.69) is 31.9 Å². The molecule has 0 N–H and O–H groups in total. The quantitative estimate of drug-likeness (QED) is 0.228. The zero-order chi connectivity index (χ0) is 22.4. The molecule has 1 rings (SSSR count). The van der Waals surface area contributed by atoms with Crippen LogP contribution < -0.4 is 4.74 Å². The molecule has 0 aliphatic carbocycles. The van der Waals surface area contributed by atoms with Crippen molar-refractivity contribution in [2.24, 2.45) is 11.3 Å². The minimum atomic E-state index is -0.166. The number of methoxy groups -OCH3 is 1. The zero-order valence-corrected chi connectivity index (χ0v) is 19.9. The van der Waals surface area contributed by atoms with E-state index in [-0.39, 0.29) is 23.1 Å². The molecule has 0 heterocycles. The fourth-order valence-corrected chi connectivity index (χ4v) is 3.77. The lowest BCUT2D eigenvalue weighted by Crippen LogP contribution is -2.23. The number of rotatable bonds is 13. The van der Waals surface area contributed by atoms with E-state index in [0.29, 0.717) is 25.9 Å². The number of ketones is 1. The number of unbranched alkanes of at least 4 members (excludes halogenated alkanes) is 1. The van der Waals surface area contributed by atoms with Crippen LogP contribution in [0.25, 0.3) is 0 Å². The normalized spacial score (nSPS) is 11.9. The average Bonchev–Trinajstić information content (AvgIpc) is 2.70. The van der Waals surface area contributed by atoms with Gasteiger partial charge < -0.3 is 9.47 Å². The van der Waals surface area contributed by atoms with Gasteiger partial charge in [0.15, 0.2) is 0 Å². The highest BCUT2D eigenvalue weighted by atomic mass is 32.2. The van der Waals surface area contributed by atoms with Gasteiger partial charge in [0.05, 0.1) is 13.7 Å². The summed E-state index contributed by atoms with van der Waals surface area (Å²) in [6.45, 7) is 6.70. The number of carbonyl (C=O) groups excluding carboxylic acids is 2. The van der Waals surface area contributed by atoms with Crippen molar-refractivity contribution in [3.63, 3.8) is 0 Å². The molecule has 5 heteroatoms. The van der Waals surface area contributed by atoms with E-state index in [9.17, 15) is 9.59 Å². The van der Waals surface area contributed by atoms with Crippen LogP contribution >= 0.6 is 11.8 Å². The molecule has 0 fully saturated rings. The predicted octanol–water partition coefficient (Wildman–Crippen LogP) is 5.68. The smallest absolute Gasteiger partial charge is 0.305 e.